The molecule has 0 aliphatic rings. The number of allylic oxidation sites excluding steroid dienone is 3. The zero-order valence-electron chi connectivity index (χ0n) is 19.4. The van der Waals surface area contributed by atoms with E-state index < -0.39 is 20.0 Å². The first-order chi connectivity index (χ1) is 16.1. The predicted molar refractivity (Wildman–Crippen MR) is 131 cm³/mol. The van der Waals surface area contributed by atoms with Crippen LogP contribution in [0, 0.1) is 13.8 Å². The Hall–Kier alpha value is -3.08. The van der Waals surface area contributed by atoms with Gasteiger partial charge in [-0.2, -0.15) is 12.7 Å². The highest BCUT2D eigenvalue weighted by molar-refractivity contribution is 7.90. The zero-order chi connectivity index (χ0) is 24.8. The standard InChI is InChI=1S/C24H28N4O4S2/c1-4-5-6-7-17-27(33(29,30)23-12-8-20(2)9-13-23)18-16-22-19-28(26-25-22)34(31,32)24-14-10-21(3)11-15-24/h4-15,19H,16-18H2,1-3H3/b5-4+,7-6+. The van der Waals surface area contributed by atoms with Crippen LogP contribution in [-0.2, 0) is 26.5 Å². The summed E-state index contributed by atoms with van der Waals surface area (Å²) in [5.74, 6) is 0. The Morgan fingerprint density at radius 3 is 2.06 bits per heavy atom. The Bertz CT molecular complexity index is 1370. The molecule has 8 nitrogen and oxygen atoms in total. The van der Waals surface area contributed by atoms with Gasteiger partial charge in [-0.15, -0.1) is 9.19 Å². The van der Waals surface area contributed by atoms with E-state index in [0.717, 1.165) is 15.2 Å². The molecule has 0 radical (unpaired) electrons. The third-order valence-electron chi connectivity index (χ3n) is 5.11. The molecule has 0 amide bonds. The van der Waals surface area contributed by atoms with Crippen LogP contribution in [0.2, 0.25) is 0 Å². The van der Waals surface area contributed by atoms with Crippen molar-refractivity contribution in [3.05, 3.63) is 95.9 Å². The highest BCUT2D eigenvalue weighted by atomic mass is 32.2. The molecule has 0 N–H and O–H groups in total. The summed E-state index contributed by atoms with van der Waals surface area (Å²) in [5.41, 5.74) is 2.28. The van der Waals surface area contributed by atoms with Gasteiger partial charge in [0.2, 0.25) is 10.0 Å². The van der Waals surface area contributed by atoms with Crippen molar-refractivity contribution in [2.24, 2.45) is 0 Å². The maximum absolute atomic E-state index is 13.2. The van der Waals surface area contributed by atoms with Crippen molar-refractivity contribution in [3.63, 3.8) is 0 Å². The van der Waals surface area contributed by atoms with Gasteiger partial charge in [-0.25, -0.2) is 8.42 Å². The van der Waals surface area contributed by atoms with E-state index in [1.165, 1.54) is 22.6 Å². The van der Waals surface area contributed by atoms with Crippen molar-refractivity contribution in [2.45, 2.75) is 37.0 Å². The molecule has 3 rings (SSSR count). The molecule has 2 aromatic carbocycles. The van der Waals surface area contributed by atoms with Gasteiger partial charge < -0.3 is 0 Å². The summed E-state index contributed by atoms with van der Waals surface area (Å²) in [4.78, 5) is 0.301. The second-order valence-corrected chi connectivity index (χ2v) is 11.5. The SMILES string of the molecule is C/C=C/C=C/CN(CCc1cn(S(=O)(=O)c2ccc(C)cc2)nn1)S(=O)(=O)c1ccc(C)cc1. The van der Waals surface area contributed by atoms with Crippen LogP contribution in [-0.4, -0.2) is 48.6 Å². The molecule has 34 heavy (non-hydrogen) atoms. The first-order valence-electron chi connectivity index (χ1n) is 10.7. The van der Waals surface area contributed by atoms with Crippen LogP contribution < -0.4 is 0 Å². The van der Waals surface area contributed by atoms with Gasteiger partial charge in [0.05, 0.1) is 21.7 Å². The predicted octanol–water partition coefficient (Wildman–Crippen LogP) is 3.50. The van der Waals surface area contributed by atoms with Crippen molar-refractivity contribution in [1.82, 2.24) is 18.7 Å². The monoisotopic (exact) mass is 500 g/mol. The second-order valence-electron chi connectivity index (χ2n) is 7.78. The lowest BCUT2D eigenvalue weighted by Crippen LogP contribution is -2.33. The number of hydrogen-bond donors (Lipinski definition) is 0. The van der Waals surface area contributed by atoms with Crippen LogP contribution in [0.1, 0.15) is 23.7 Å². The number of sulfonamides is 1. The molecular weight excluding hydrogens is 472 g/mol. The summed E-state index contributed by atoms with van der Waals surface area (Å²) in [7, 11) is -7.64. The fourth-order valence-electron chi connectivity index (χ4n) is 3.11. The van der Waals surface area contributed by atoms with Crippen molar-refractivity contribution in [1.29, 1.82) is 0 Å². The van der Waals surface area contributed by atoms with Gasteiger partial charge in [0.1, 0.15) is 0 Å². The fraction of sp³-hybridized carbons (Fsp3) is 0.250. The quantitative estimate of drug-likeness (QED) is 0.395. The highest BCUT2D eigenvalue weighted by Gasteiger charge is 2.24. The molecule has 0 saturated carbocycles. The lowest BCUT2D eigenvalue weighted by molar-refractivity contribution is 0.443. The summed E-state index contributed by atoms with van der Waals surface area (Å²) in [6.07, 6.45) is 8.72. The van der Waals surface area contributed by atoms with Crippen molar-refractivity contribution in [3.8, 4) is 0 Å². The molecule has 10 heteroatoms. The van der Waals surface area contributed by atoms with Gasteiger partial charge in [0, 0.05) is 19.5 Å². The molecule has 0 unspecified atom stereocenters. The Morgan fingerprint density at radius 2 is 1.47 bits per heavy atom. The number of rotatable bonds is 10. The smallest absolute Gasteiger partial charge is 0.207 e. The third-order valence-corrected chi connectivity index (χ3v) is 8.53. The van der Waals surface area contributed by atoms with Crippen LogP contribution in [0.5, 0.6) is 0 Å². The molecule has 0 fully saturated rings. The molecule has 0 aliphatic carbocycles. The number of nitrogens with zero attached hydrogens (tertiary/aromatic N) is 4. The summed E-state index contributed by atoms with van der Waals surface area (Å²) in [6.45, 7) is 5.91. The zero-order valence-corrected chi connectivity index (χ0v) is 21.0. The molecule has 0 aliphatic heterocycles. The lowest BCUT2D eigenvalue weighted by atomic mass is 10.2. The van der Waals surface area contributed by atoms with E-state index in [0.29, 0.717) is 5.69 Å². The number of aromatic nitrogens is 3. The average molecular weight is 501 g/mol. The van der Waals surface area contributed by atoms with E-state index in [1.54, 1.807) is 48.6 Å². The van der Waals surface area contributed by atoms with E-state index in [4.69, 9.17) is 0 Å². The first kappa shape index (κ1) is 25.5. The summed E-state index contributed by atoms with van der Waals surface area (Å²) < 4.78 is 54.3. The van der Waals surface area contributed by atoms with E-state index in [2.05, 4.69) is 10.3 Å². The minimum Gasteiger partial charge on any atom is -0.207 e. The topological polar surface area (TPSA) is 102 Å². The molecule has 1 aromatic heterocycles. The Balaban J connectivity index is 1.81. The summed E-state index contributed by atoms with van der Waals surface area (Å²) in [6, 6.07) is 13.1. The van der Waals surface area contributed by atoms with Crippen LogP contribution in [0.3, 0.4) is 0 Å². The molecule has 0 spiro atoms. The maximum Gasteiger partial charge on any atom is 0.284 e. The van der Waals surface area contributed by atoms with E-state index in [1.807, 2.05) is 32.9 Å². The molecule has 0 bridgehead atoms. The second kappa shape index (κ2) is 10.9. The van der Waals surface area contributed by atoms with E-state index in [9.17, 15) is 16.8 Å². The van der Waals surface area contributed by atoms with Crippen molar-refractivity contribution in [2.75, 3.05) is 13.1 Å². The lowest BCUT2D eigenvalue weighted by Gasteiger charge is -2.20. The minimum atomic E-state index is -3.88. The summed E-state index contributed by atoms with van der Waals surface area (Å²) >= 11 is 0. The Labute approximate surface area is 201 Å². The van der Waals surface area contributed by atoms with Crippen LogP contribution in [0.15, 0.2) is 88.8 Å². The van der Waals surface area contributed by atoms with Gasteiger partial charge >= 0.3 is 0 Å². The van der Waals surface area contributed by atoms with Crippen LogP contribution in [0.25, 0.3) is 0 Å². The summed E-state index contributed by atoms with van der Waals surface area (Å²) in [5, 5.41) is 7.73. The van der Waals surface area contributed by atoms with E-state index >= 15 is 0 Å². The van der Waals surface area contributed by atoms with Gasteiger partial charge in [0.15, 0.2) is 0 Å². The van der Waals surface area contributed by atoms with Gasteiger partial charge in [-0.05, 0) is 45.0 Å². The Kier molecular flexibility index (Phi) is 8.19. The molecule has 0 atom stereocenters. The molecule has 180 valence electrons. The van der Waals surface area contributed by atoms with Gasteiger partial charge in [0.25, 0.3) is 10.0 Å². The van der Waals surface area contributed by atoms with Gasteiger partial charge in [-0.3, -0.25) is 0 Å². The number of benzene rings is 2. The first-order valence-corrected chi connectivity index (χ1v) is 13.6. The molecule has 1 heterocycles. The normalized spacial score (nSPS) is 12.8. The maximum atomic E-state index is 13.2. The molecular formula is C24H28N4O4S2. The average Bonchev–Trinajstić information content (AvgIpc) is 3.29. The van der Waals surface area contributed by atoms with Gasteiger partial charge in [-0.1, -0.05) is 64.9 Å². The van der Waals surface area contributed by atoms with Crippen molar-refractivity contribution >= 4 is 20.0 Å². The number of aryl methyl sites for hydroxylation is 2. The van der Waals surface area contributed by atoms with Crippen molar-refractivity contribution < 1.29 is 16.8 Å². The van der Waals surface area contributed by atoms with Crippen LogP contribution >= 0.6 is 0 Å². The van der Waals surface area contributed by atoms with Crippen LogP contribution in [0.4, 0.5) is 0 Å². The minimum absolute atomic E-state index is 0.104. The Morgan fingerprint density at radius 1 is 0.882 bits per heavy atom. The largest absolute Gasteiger partial charge is 0.284 e. The fourth-order valence-corrected chi connectivity index (χ4v) is 5.59. The van der Waals surface area contributed by atoms with E-state index in [-0.39, 0.29) is 29.3 Å². The number of hydrogen-bond acceptors (Lipinski definition) is 6. The molecule has 3 aromatic rings. The molecule has 0 saturated heterocycles. The third kappa shape index (κ3) is 6.07. The highest BCUT2D eigenvalue weighted by Crippen LogP contribution is 2.18.